The molecule has 2 unspecified atom stereocenters. The zero-order chi connectivity index (χ0) is 17.1. The summed E-state index contributed by atoms with van der Waals surface area (Å²) in [6.07, 6.45) is 2.15. The standard InChI is InChI=1S/C21H27NO2.ClH/c1-5-17(15-9-7-6-8-10-15)21-18-14-20(24-4)19(23-3)13-16(18)11-12-22(21)2;/h6-10,13-14,17,21H,5,11-12H2,1-4H3;1H. The fourth-order valence-electron chi connectivity index (χ4n) is 3.97. The maximum atomic E-state index is 5.56. The quantitative estimate of drug-likeness (QED) is 0.760. The van der Waals surface area contributed by atoms with E-state index in [1.54, 1.807) is 14.2 Å². The molecule has 1 aliphatic rings. The monoisotopic (exact) mass is 361 g/mol. The third-order valence-electron chi connectivity index (χ3n) is 5.22. The van der Waals surface area contributed by atoms with Crippen LogP contribution < -0.4 is 9.47 Å². The predicted octanol–water partition coefficient (Wildman–Crippen LogP) is 4.85. The Hall–Kier alpha value is -1.71. The van der Waals surface area contributed by atoms with E-state index in [0.717, 1.165) is 30.9 Å². The van der Waals surface area contributed by atoms with E-state index in [2.05, 4.69) is 61.3 Å². The molecule has 0 bridgehead atoms. The maximum absolute atomic E-state index is 5.56. The van der Waals surface area contributed by atoms with E-state index in [-0.39, 0.29) is 12.4 Å². The first-order chi connectivity index (χ1) is 11.7. The Morgan fingerprint density at radius 1 is 1.08 bits per heavy atom. The Balaban J connectivity index is 0.00000225. The first-order valence-corrected chi connectivity index (χ1v) is 8.69. The third kappa shape index (κ3) is 3.78. The van der Waals surface area contributed by atoms with Gasteiger partial charge in [-0.1, -0.05) is 37.3 Å². The van der Waals surface area contributed by atoms with Gasteiger partial charge in [0.05, 0.1) is 14.2 Å². The van der Waals surface area contributed by atoms with Crippen LogP contribution in [0.4, 0.5) is 0 Å². The minimum absolute atomic E-state index is 0. The van der Waals surface area contributed by atoms with Crippen molar-refractivity contribution in [3.8, 4) is 11.5 Å². The van der Waals surface area contributed by atoms with Crippen LogP contribution in [-0.4, -0.2) is 32.7 Å². The zero-order valence-electron chi connectivity index (χ0n) is 15.5. The van der Waals surface area contributed by atoms with Crippen LogP contribution in [0.15, 0.2) is 42.5 Å². The van der Waals surface area contributed by atoms with Crippen LogP contribution in [-0.2, 0) is 6.42 Å². The van der Waals surface area contributed by atoms with Crippen molar-refractivity contribution in [2.24, 2.45) is 0 Å². The highest BCUT2D eigenvalue weighted by molar-refractivity contribution is 5.85. The molecule has 4 heteroatoms. The Morgan fingerprint density at radius 3 is 2.32 bits per heavy atom. The Morgan fingerprint density at radius 2 is 1.72 bits per heavy atom. The van der Waals surface area contributed by atoms with Crippen molar-refractivity contribution in [1.82, 2.24) is 4.90 Å². The highest BCUT2D eigenvalue weighted by atomic mass is 35.5. The van der Waals surface area contributed by atoms with Gasteiger partial charge < -0.3 is 9.47 Å². The first kappa shape index (κ1) is 19.6. The van der Waals surface area contributed by atoms with Crippen molar-refractivity contribution in [3.05, 3.63) is 59.2 Å². The molecule has 2 aromatic carbocycles. The molecule has 25 heavy (non-hydrogen) atoms. The average molecular weight is 362 g/mol. The van der Waals surface area contributed by atoms with Gasteiger partial charge in [-0.15, -0.1) is 12.4 Å². The lowest BCUT2D eigenvalue weighted by Crippen LogP contribution is -2.35. The van der Waals surface area contributed by atoms with Gasteiger partial charge in [0.25, 0.3) is 0 Å². The molecule has 136 valence electrons. The molecular formula is C21H28ClNO2. The van der Waals surface area contributed by atoms with E-state index in [4.69, 9.17) is 9.47 Å². The molecule has 0 aromatic heterocycles. The number of likely N-dealkylation sites (N-methyl/N-ethyl adjacent to an activating group) is 1. The van der Waals surface area contributed by atoms with Gasteiger partial charge in [-0.2, -0.15) is 0 Å². The minimum Gasteiger partial charge on any atom is -0.493 e. The van der Waals surface area contributed by atoms with Crippen LogP contribution >= 0.6 is 12.4 Å². The summed E-state index contributed by atoms with van der Waals surface area (Å²) in [5.41, 5.74) is 4.15. The van der Waals surface area contributed by atoms with Crippen molar-refractivity contribution in [3.63, 3.8) is 0 Å². The number of ether oxygens (including phenoxy) is 2. The molecule has 1 aliphatic heterocycles. The van der Waals surface area contributed by atoms with E-state index >= 15 is 0 Å². The molecule has 0 spiro atoms. The normalized spacial score (nSPS) is 18.0. The van der Waals surface area contributed by atoms with E-state index < -0.39 is 0 Å². The van der Waals surface area contributed by atoms with Gasteiger partial charge in [0.2, 0.25) is 0 Å². The third-order valence-corrected chi connectivity index (χ3v) is 5.22. The highest BCUT2D eigenvalue weighted by Gasteiger charge is 2.32. The van der Waals surface area contributed by atoms with Gasteiger partial charge in [0.1, 0.15) is 0 Å². The first-order valence-electron chi connectivity index (χ1n) is 8.69. The van der Waals surface area contributed by atoms with E-state index in [1.165, 1.54) is 16.7 Å². The van der Waals surface area contributed by atoms with Crippen molar-refractivity contribution in [2.75, 3.05) is 27.8 Å². The van der Waals surface area contributed by atoms with Crippen LogP contribution in [0.3, 0.4) is 0 Å². The van der Waals surface area contributed by atoms with Crippen molar-refractivity contribution < 1.29 is 9.47 Å². The zero-order valence-corrected chi connectivity index (χ0v) is 16.3. The summed E-state index contributed by atoms with van der Waals surface area (Å²) in [6.45, 7) is 3.34. The Labute approximate surface area is 157 Å². The van der Waals surface area contributed by atoms with E-state index in [9.17, 15) is 0 Å². The summed E-state index contributed by atoms with van der Waals surface area (Å²) in [5, 5.41) is 0. The number of rotatable bonds is 5. The summed E-state index contributed by atoms with van der Waals surface area (Å²) in [7, 11) is 5.64. The molecule has 2 aromatic rings. The molecule has 0 saturated carbocycles. The van der Waals surface area contributed by atoms with Crippen molar-refractivity contribution >= 4 is 12.4 Å². The molecule has 0 amide bonds. The topological polar surface area (TPSA) is 21.7 Å². The molecule has 2 atom stereocenters. The van der Waals surface area contributed by atoms with Crippen LogP contribution in [0.5, 0.6) is 11.5 Å². The summed E-state index contributed by atoms with van der Waals surface area (Å²) in [4.78, 5) is 2.48. The number of fused-ring (bicyclic) bond motifs is 1. The van der Waals surface area contributed by atoms with Gasteiger partial charge in [-0.3, -0.25) is 4.90 Å². The summed E-state index contributed by atoms with van der Waals surface area (Å²) < 4.78 is 11.1. The smallest absolute Gasteiger partial charge is 0.161 e. The minimum atomic E-state index is 0. The fourth-order valence-corrected chi connectivity index (χ4v) is 3.97. The Bertz CT molecular complexity index is 690. The van der Waals surface area contributed by atoms with Crippen LogP contribution in [0, 0.1) is 0 Å². The summed E-state index contributed by atoms with van der Waals surface area (Å²) >= 11 is 0. The number of nitrogens with zero attached hydrogens (tertiary/aromatic N) is 1. The van der Waals surface area contributed by atoms with Gasteiger partial charge in [-0.25, -0.2) is 0 Å². The van der Waals surface area contributed by atoms with E-state index in [0.29, 0.717) is 12.0 Å². The number of hydrogen-bond donors (Lipinski definition) is 0. The van der Waals surface area contributed by atoms with Gasteiger partial charge in [-0.05, 0) is 48.7 Å². The second-order valence-corrected chi connectivity index (χ2v) is 6.51. The lowest BCUT2D eigenvalue weighted by molar-refractivity contribution is 0.194. The molecule has 0 aliphatic carbocycles. The number of benzene rings is 2. The number of hydrogen-bond acceptors (Lipinski definition) is 3. The maximum Gasteiger partial charge on any atom is 0.161 e. The number of methoxy groups -OCH3 is 2. The van der Waals surface area contributed by atoms with Crippen LogP contribution in [0.25, 0.3) is 0 Å². The molecule has 0 fully saturated rings. The van der Waals surface area contributed by atoms with Gasteiger partial charge in [0.15, 0.2) is 11.5 Å². The molecular weight excluding hydrogens is 334 g/mol. The molecule has 1 heterocycles. The summed E-state index contributed by atoms with van der Waals surface area (Å²) in [6, 6.07) is 15.6. The van der Waals surface area contributed by atoms with Crippen molar-refractivity contribution in [1.29, 1.82) is 0 Å². The largest absolute Gasteiger partial charge is 0.493 e. The summed E-state index contributed by atoms with van der Waals surface area (Å²) in [5.74, 6) is 2.11. The van der Waals surface area contributed by atoms with Gasteiger partial charge in [0, 0.05) is 18.5 Å². The Kier molecular flexibility index (Phi) is 6.74. The lowest BCUT2D eigenvalue weighted by atomic mass is 9.80. The highest BCUT2D eigenvalue weighted by Crippen LogP contribution is 2.44. The molecule has 0 radical (unpaired) electrons. The SMILES string of the molecule is CCC(c1ccccc1)C1c2cc(OC)c(OC)cc2CCN1C.Cl. The fraction of sp³-hybridized carbons (Fsp3) is 0.429. The number of halogens is 1. The predicted molar refractivity (Wildman–Crippen MR) is 105 cm³/mol. The van der Waals surface area contributed by atoms with Crippen molar-refractivity contribution in [2.45, 2.75) is 31.7 Å². The van der Waals surface area contributed by atoms with Crippen LogP contribution in [0.2, 0.25) is 0 Å². The van der Waals surface area contributed by atoms with E-state index in [1.807, 2.05) is 0 Å². The molecule has 3 nitrogen and oxygen atoms in total. The molecule has 3 rings (SSSR count). The van der Waals surface area contributed by atoms with Crippen LogP contribution in [0.1, 0.15) is 42.0 Å². The second kappa shape index (κ2) is 8.59. The second-order valence-electron chi connectivity index (χ2n) is 6.51. The molecule has 0 N–H and O–H groups in total. The lowest BCUT2D eigenvalue weighted by Gasteiger charge is -2.40. The molecule has 0 saturated heterocycles. The average Bonchev–Trinajstić information content (AvgIpc) is 2.63. The van der Waals surface area contributed by atoms with Gasteiger partial charge >= 0.3 is 0 Å².